The minimum atomic E-state index is 0.638. The smallest absolute Gasteiger partial charge is 0.0186 e. The second-order valence-corrected chi connectivity index (χ2v) is 5.51. The van der Waals surface area contributed by atoms with Gasteiger partial charge in [-0.15, -0.1) is 0 Å². The van der Waals surface area contributed by atoms with E-state index in [1.54, 1.807) is 0 Å². The number of rotatable bonds is 5. The molecule has 86 valence electrons. The minimum Gasteiger partial charge on any atom is -0.315 e. The van der Waals surface area contributed by atoms with Crippen molar-refractivity contribution >= 4 is 0 Å². The number of allylic oxidation sites excluding steroid dienone is 2. The van der Waals surface area contributed by atoms with Crippen molar-refractivity contribution in [3.8, 4) is 0 Å². The van der Waals surface area contributed by atoms with Gasteiger partial charge in [0.05, 0.1) is 0 Å². The fourth-order valence-corrected chi connectivity index (χ4v) is 2.79. The van der Waals surface area contributed by atoms with E-state index in [1.807, 2.05) is 0 Å². The van der Waals surface area contributed by atoms with E-state index in [-0.39, 0.29) is 0 Å². The standard InChI is InChI=1S/C13H24N2/c1-10(15(2)3)8-14-9-13-7-11-4-5-12(13)6-11/h4-5,10-14H,6-9H2,1-3H3. The highest BCUT2D eigenvalue weighted by atomic mass is 15.1. The third-order valence-corrected chi connectivity index (χ3v) is 4.14. The van der Waals surface area contributed by atoms with Crippen molar-refractivity contribution in [1.29, 1.82) is 0 Å². The summed E-state index contributed by atoms with van der Waals surface area (Å²) in [5.74, 6) is 2.71. The van der Waals surface area contributed by atoms with Crippen LogP contribution in [0.2, 0.25) is 0 Å². The zero-order chi connectivity index (χ0) is 10.8. The van der Waals surface area contributed by atoms with E-state index in [0.29, 0.717) is 6.04 Å². The summed E-state index contributed by atoms with van der Waals surface area (Å²) < 4.78 is 0. The van der Waals surface area contributed by atoms with Crippen LogP contribution in [0.4, 0.5) is 0 Å². The van der Waals surface area contributed by atoms with Crippen molar-refractivity contribution in [2.24, 2.45) is 17.8 Å². The molecule has 1 fully saturated rings. The minimum absolute atomic E-state index is 0.638. The lowest BCUT2D eigenvalue weighted by atomic mass is 9.93. The molecule has 2 bridgehead atoms. The first kappa shape index (κ1) is 11.2. The van der Waals surface area contributed by atoms with E-state index in [2.05, 4.69) is 43.4 Å². The molecule has 0 aliphatic heterocycles. The fraction of sp³-hybridized carbons (Fsp3) is 0.846. The molecule has 2 rings (SSSR count). The molecule has 0 aromatic rings. The quantitative estimate of drug-likeness (QED) is 0.692. The normalized spacial score (nSPS) is 35.3. The van der Waals surface area contributed by atoms with Gasteiger partial charge >= 0.3 is 0 Å². The summed E-state index contributed by atoms with van der Waals surface area (Å²) in [6, 6.07) is 0.638. The van der Waals surface area contributed by atoms with Gasteiger partial charge in [0.1, 0.15) is 0 Å². The van der Waals surface area contributed by atoms with E-state index < -0.39 is 0 Å². The number of hydrogen-bond donors (Lipinski definition) is 1. The number of fused-ring (bicyclic) bond motifs is 2. The summed E-state index contributed by atoms with van der Waals surface area (Å²) in [5.41, 5.74) is 0. The summed E-state index contributed by atoms with van der Waals surface area (Å²) in [7, 11) is 4.29. The molecule has 2 heteroatoms. The SMILES string of the molecule is CC(CNCC1CC2C=CC1C2)N(C)C. The van der Waals surface area contributed by atoms with Crippen LogP contribution in [0.5, 0.6) is 0 Å². The topological polar surface area (TPSA) is 15.3 Å². The van der Waals surface area contributed by atoms with Crippen molar-refractivity contribution in [1.82, 2.24) is 10.2 Å². The van der Waals surface area contributed by atoms with Crippen LogP contribution in [0.15, 0.2) is 12.2 Å². The van der Waals surface area contributed by atoms with Crippen molar-refractivity contribution < 1.29 is 0 Å². The molecule has 1 saturated carbocycles. The molecular formula is C13H24N2. The first-order valence-corrected chi connectivity index (χ1v) is 6.22. The monoisotopic (exact) mass is 208 g/mol. The zero-order valence-corrected chi connectivity index (χ0v) is 10.2. The highest BCUT2D eigenvalue weighted by Crippen LogP contribution is 2.42. The van der Waals surface area contributed by atoms with Crippen LogP contribution in [0.25, 0.3) is 0 Å². The molecule has 0 aromatic carbocycles. The Morgan fingerprint density at radius 3 is 2.67 bits per heavy atom. The van der Waals surface area contributed by atoms with Gasteiger partial charge in [0, 0.05) is 12.6 Å². The van der Waals surface area contributed by atoms with Crippen LogP contribution in [-0.4, -0.2) is 38.1 Å². The zero-order valence-electron chi connectivity index (χ0n) is 10.2. The lowest BCUT2D eigenvalue weighted by Crippen LogP contribution is -2.37. The molecule has 4 atom stereocenters. The maximum absolute atomic E-state index is 3.62. The van der Waals surface area contributed by atoms with Gasteiger partial charge in [-0.1, -0.05) is 12.2 Å². The Bertz CT molecular complexity index is 235. The van der Waals surface area contributed by atoms with E-state index >= 15 is 0 Å². The predicted molar refractivity (Wildman–Crippen MR) is 64.9 cm³/mol. The molecule has 0 heterocycles. The Morgan fingerprint density at radius 2 is 2.13 bits per heavy atom. The summed E-state index contributed by atoms with van der Waals surface area (Å²) in [5, 5.41) is 3.62. The molecule has 1 N–H and O–H groups in total. The molecule has 0 radical (unpaired) electrons. The first-order valence-electron chi connectivity index (χ1n) is 6.22. The Balaban J connectivity index is 1.65. The van der Waals surface area contributed by atoms with Crippen molar-refractivity contribution in [2.45, 2.75) is 25.8 Å². The molecule has 0 spiro atoms. The molecule has 2 nitrogen and oxygen atoms in total. The van der Waals surface area contributed by atoms with Gasteiger partial charge in [0.15, 0.2) is 0 Å². The first-order chi connectivity index (χ1) is 7.16. The largest absolute Gasteiger partial charge is 0.315 e. The average Bonchev–Trinajstić information content (AvgIpc) is 2.78. The van der Waals surface area contributed by atoms with Crippen LogP contribution in [0.1, 0.15) is 19.8 Å². The summed E-state index contributed by atoms with van der Waals surface area (Å²) in [6.45, 7) is 4.60. The number of nitrogens with zero attached hydrogens (tertiary/aromatic N) is 1. The van der Waals surface area contributed by atoms with E-state index in [4.69, 9.17) is 0 Å². The highest BCUT2D eigenvalue weighted by molar-refractivity contribution is 5.10. The maximum Gasteiger partial charge on any atom is 0.0186 e. The lowest BCUT2D eigenvalue weighted by molar-refractivity contribution is 0.292. The molecule has 4 unspecified atom stereocenters. The van der Waals surface area contributed by atoms with E-state index in [1.165, 1.54) is 19.4 Å². The third kappa shape index (κ3) is 2.61. The molecule has 15 heavy (non-hydrogen) atoms. The van der Waals surface area contributed by atoms with E-state index in [0.717, 1.165) is 24.3 Å². The van der Waals surface area contributed by atoms with Gasteiger partial charge in [-0.2, -0.15) is 0 Å². The maximum atomic E-state index is 3.62. The number of hydrogen-bond acceptors (Lipinski definition) is 2. The van der Waals surface area contributed by atoms with Gasteiger partial charge < -0.3 is 10.2 Å². The number of nitrogens with one attached hydrogen (secondary N) is 1. The van der Waals surface area contributed by atoms with Crippen molar-refractivity contribution in [3.63, 3.8) is 0 Å². The second kappa shape index (κ2) is 4.67. The Kier molecular flexibility index (Phi) is 3.47. The lowest BCUT2D eigenvalue weighted by Gasteiger charge is -2.23. The molecule has 2 aliphatic carbocycles. The third-order valence-electron chi connectivity index (χ3n) is 4.14. The van der Waals surface area contributed by atoms with Crippen LogP contribution in [0.3, 0.4) is 0 Å². The van der Waals surface area contributed by atoms with Gasteiger partial charge in [0.2, 0.25) is 0 Å². The summed E-state index contributed by atoms with van der Waals surface area (Å²) in [4.78, 5) is 2.27. The predicted octanol–water partition coefficient (Wildman–Crippen LogP) is 1.74. The molecule has 0 saturated heterocycles. The fourth-order valence-electron chi connectivity index (χ4n) is 2.79. The van der Waals surface area contributed by atoms with Gasteiger partial charge in [0.25, 0.3) is 0 Å². The Labute approximate surface area is 93.7 Å². The number of likely N-dealkylation sites (N-methyl/N-ethyl adjacent to an activating group) is 1. The second-order valence-electron chi connectivity index (χ2n) is 5.51. The van der Waals surface area contributed by atoms with Gasteiger partial charge in [-0.05, 0) is 58.2 Å². The van der Waals surface area contributed by atoms with E-state index in [9.17, 15) is 0 Å². The van der Waals surface area contributed by atoms with Crippen LogP contribution < -0.4 is 5.32 Å². The van der Waals surface area contributed by atoms with Gasteiger partial charge in [-0.3, -0.25) is 0 Å². The van der Waals surface area contributed by atoms with Gasteiger partial charge in [-0.25, -0.2) is 0 Å². The Morgan fingerprint density at radius 1 is 1.33 bits per heavy atom. The van der Waals surface area contributed by atoms with Crippen LogP contribution in [-0.2, 0) is 0 Å². The average molecular weight is 208 g/mol. The highest BCUT2D eigenvalue weighted by Gasteiger charge is 2.34. The summed E-state index contributed by atoms with van der Waals surface area (Å²) >= 11 is 0. The molecule has 0 aromatic heterocycles. The summed E-state index contributed by atoms with van der Waals surface area (Å²) in [6.07, 6.45) is 7.71. The van der Waals surface area contributed by atoms with Crippen molar-refractivity contribution in [2.75, 3.05) is 27.2 Å². The molecule has 2 aliphatic rings. The van der Waals surface area contributed by atoms with Crippen molar-refractivity contribution in [3.05, 3.63) is 12.2 Å². The Hall–Kier alpha value is -0.340. The molecular weight excluding hydrogens is 184 g/mol. The van der Waals surface area contributed by atoms with Crippen LogP contribution in [0, 0.1) is 17.8 Å². The van der Waals surface area contributed by atoms with Crippen LogP contribution >= 0.6 is 0 Å². The molecule has 0 amide bonds.